The molecule has 3 rings (SSSR count). The fourth-order valence-corrected chi connectivity index (χ4v) is 4.16. The number of nitrogens with zero attached hydrogens (tertiary/aromatic N) is 2. The Balaban J connectivity index is 1.44. The van der Waals surface area contributed by atoms with Gasteiger partial charge in [0.2, 0.25) is 0 Å². The Labute approximate surface area is 159 Å². The van der Waals surface area contributed by atoms with Crippen molar-refractivity contribution in [2.45, 2.75) is 76.6 Å². The summed E-state index contributed by atoms with van der Waals surface area (Å²) in [4.78, 5) is 4.85. The number of rotatable bonds is 10. The molecule has 0 radical (unpaired) electrons. The molecule has 1 N–H and O–H groups in total. The molecule has 4 heteroatoms. The van der Waals surface area contributed by atoms with Gasteiger partial charge < -0.3 is 14.7 Å². The number of benzene rings is 1. The summed E-state index contributed by atoms with van der Waals surface area (Å²) in [5, 5.41) is 10.4. The van der Waals surface area contributed by atoms with Gasteiger partial charge in [0.05, 0.1) is 0 Å². The number of aliphatic hydroxyl groups is 1. The topological polar surface area (TPSA) is 35.9 Å². The van der Waals surface area contributed by atoms with E-state index < -0.39 is 6.10 Å². The van der Waals surface area contributed by atoms with Crippen LogP contribution >= 0.6 is 0 Å². The lowest BCUT2D eigenvalue weighted by Gasteiger charge is -2.32. The minimum Gasteiger partial charge on any atom is -0.491 e. The highest BCUT2D eigenvalue weighted by Gasteiger charge is 2.27. The summed E-state index contributed by atoms with van der Waals surface area (Å²) >= 11 is 0. The molecule has 0 unspecified atom stereocenters. The van der Waals surface area contributed by atoms with E-state index in [0.717, 1.165) is 24.9 Å². The fourth-order valence-electron chi connectivity index (χ4n) is 4.16. The fraction of sp³-hybridized carbons (Fsp3) is 0.727. The molecular weight excluding hydrogens is 324 g/mol. The summed E-state index contributed by atoms with van der Waals surface area (Å²) in [5.41, 5.74) is 1.30. The molecule has 0 heterocycles. The molecule has 0 aliphatic heterocycles. The van der Waals surface area contributed by atoms with E-state index in [1.54, 1.807) is 0 Å². The van der Waals surface area contributed by atoms with Crippen LogP contribution in [0.5, 0.6) is 5.75 Å². The van der Waals surface area contributed by atoms with E-state index in [1.807, 2.05) is 6.07 Å². The van der Waals surface area contributed by atoms with Gasteiger partial charge >= 0.3 is 0 Å². The molecule has 26 heavy (non-hydrogen) atoms. The van der Waals surface area contributed by atoms with Gasteiger partial charge in [-0.3, -0.25) is 4.90 Å². The third-order valence-electron chi connectivity index (χ3n) is 5.89. The minimum atomic E-state index is -0.441. The van der Waals surface area contributed by atoms with Crippen molar-refractivity contribution in [2.75, 3.05) is 26.7 Å². The molecule has 1 atom stereocenters. The summed E-state index contributed by atoms with van der Waals surface area (Å²) in [7, 11) is 2.14. The summed E-state index contributed by atoms with van der Waals surface area (Å²) in [5.74, 6) is 0.869. The maximum atomic E-state index is 10.4. The van der Waals surface area contributed by atoms with Gasteiger partial charge in [-0.1, -0.05) is 38.3 Å². The molecular formula is C22H36N2O2. The van der Waals surface area contributed by atoms with E-state index >= 15 is 0 Å². The molecule has 1 aromatic carbocycles. The Morgan fingerprint density at radius 1 is 1.12 bits per heavy atom. The molecule has 0 aromatic heterocycles. The molecule has 2 aliphatic rings. The average molecular weight is 361 g/mol. The van der Waals surface area contributed by atoms with E-state index in [2.05, 4.69) is 42.0 Å². The number of likely N-dealkylation sites (N-methyl/N-ethyl adjacent to an activating group) is 1. The van der Waals surface area contributed by atoms with Gasteiger partial charge in [0.1, 0.15) is 18.5 Å². The highest BCUT2D eigenvalue weighted by molar-refractivity contribution is 5.28. The van der Waals surface area contributed by atoms with Crippen LogP contribution < -0.4 is 4.74 Å². The smallest absolute Gasteiger partial charge is 0.119 e. The SMILES string of the molecule is CCN(Cc1cccc(OC[C@H](O)CN(C)C2CCCCC2)c1)C1CC1. The van der Waals surface area contributed by atoms with Gasteiger partial charge in [-0.15, -0.1) is 0 Å². The Hall–Kier alpha value is -1.10. The zero-order valence-electron chi connectivity index (χ0n) is 16.6. The van der Waals surface area contributed by atoms with Crippen molar-refractivity contribution in [3.8, 4) is 5.75 Å². The lowest BCUT2D eigenvalue weighted by Crippen LogP contribution is -2.40. The third kappa shape index (κ3) is 5.97. The van der Waals surface area contributed by atoms with Crippen LogP contribution in [0.3, 0.4) is 0 Å². The highest BCUT2D eigenvalue weighted by Crippen LogP contribution is 2.28. The second kappa shape index (κ2) is 9.72. The van der Waals surface area contributed by atoms with Crippen LogP contribution in [0.1, 0.15) is 57.4 Å². The molecule has 2 saturated carbocycles. The molecule has 0 bridgehead atoms. The van der Waals surface area contributed by atoms with Crippen molar-refractivity contribution in [3.05, 3.63) is 29.8 Å². The molecule has 0 spiro atoms. The van der Waals surface area contributed by atoms with Crippen LogP contribution in [0.15, 0.2) is 24.3 Å². The van der Waals surface area contributed by atoms with E-state index in [1.165, 1.54) is 50.5 Å². The lowest BCUT2D eigenvalue weighted by atomic mass is 9.94. The Morgan fingerprint density at radius 2 is 1.88 bits per heavy atom. The molecule has 2 fully saturated rings. The first kappa shape index (κ1) is 19.7. The zero-order valence-corrected chi connectivity index (χ0v) is 16.6. The van der Waals surface area contributed by atoms with E-state index in [0.29, 0.717) is 19.2 Å². The number of aliphatic hydroxyl groups excluding tert-OH is 1. The average Bonchev–Trinajstić information content (AvgIpc) is 3.50. The molecule has 2 aliphatic carbocycles. The van der Waals surface area contributed by atoms with Crippen LogP contribution in [0.4, 0.5) is 0 Å². The predicted molar refractivity (Wildman–Crippen MR) is 107 cm³/mol. The van der Waals surface area contributed by atoms with Crippen LogP contribution in [0, 0.1) is 0 Å². The van der Waals surface area contributed by atoms with Crippen molar-refractivity contribution >= 4 is 0 Å². The molecule has 1 aromatic rings. The van der Waals surface area contributed by atoms with E-state index in [9.17, 15) is 5.11 Å². The van der Waals surface area contributed by atoms with Crippen LogP contribution in [0.2, 0.25) is 0 Å². The van der Waals surface area contributed by atoms with Gasteiger partial charge in [0, 0.05) is 25.2 Å². The second-order valence-corrected chi connectivity index (χ2v) is 8.14. The van der Waals surface area contributed by atoms with Crippen molar-refractivity contribution in [1.29, 1.82) is 0 Å². The lowest BCUT2D eigenvalue weighted by molar-refractivity contribution is 0.0561. The summed E-state index contributed by atoms with van der Waals surface area (Å²) < 4.78 is 5.89. The number of hydrogen-bond donors (Lipinski definition) is 1. The normalized spacial score (nSPS) is 19.9. The largest absolute Gasteiger partial charge is 0.491 e. The molecule has 146 valence electrons. The van der Waals surface area contributed by atoms with Crippen molar-refractivity contribution in [1.82, 2.24) is 9.80 Å². The van der Waals surface area contributed by atoms with E-state index in [4.69, 9.17) is 4.74 Å². The third-order valence-corrected chi connectivity index (χ3v) is 5.89. The van der Waals surface area contributed by atoms with E-state index in [-0.39, 0.29) is 0 Å². The summed E-state index contributed by atoms with van der Waals surface area (Å²) in [6.45, 7) is 5.38. The maximum Gasteiger partial charge on any atom is 0.119 e. The second-order valence-electron chi connectivity index (χ2n) is 8.14. The molecule has 0 saturated heterocycles. The van der Waals surface area contributed by atoms with Gasteiger partial charge in [0.15, 0.2) is 0 Å². The van der Waals surface area contributed by atoms with Crippen molar-refractivity contribution < 1.29 is 9.84 Å². The summed E-state index contributed by atoms with van der Waals surface area (Å²) in [6, 6.07) is 9.76. The first-order chi connectivity index (χ1) is 12.7. The Bertz CT molecular complexity index is 541. The number of hydrogen-bond acceptors (Lipinski definition) is 4. The van der Waals surface area contributed by atoms with Gasteiger partial charge in [0.25, 0.3) is 0 Å². The molecule has 4 nitrogen and oxygen atoms in total. The van der Waals surface area contributed by atoms with Gasteiger partial charge in [-0.2, -0.15) is 0 Å². The van der Waals surface area contributed by atoms with Crippen LogP contribution in [-0.2, 0) is 6.54 Å². The van der Waals surface area contributed by atoms with Crippen molar-refractivity contribution in [2.24, 2.45) is 0 Å². The maximum absolute atomic E-state index is 10.4. The summed E-state index contributed by atoms with van der Waals surface area (Å²) in [6.07, 6.45) is 8.78. The van der Waals surface area contributed by atoms with Crippen LogP contribution in [-0.4, -0.2) is 59.8 Å². The predicted octanol–water partition coefficient (Wildman–Crippen LogP) is 3.68. The zero-order chi connectivity index (χ0) is 18.4. The number of ether oxygens (including phenoxy) is 1. The monoisotopic (exact) mass is 360 g/mol. The van der Waals surface area contributed by atoms with Crippen molar-refractivity contribution in [3.63, 3.8) is 0 Å². The van der Waals surface area contributed by atoms with Gasteiger partial charge in [-0.05, 0) is 57.0 Å². The molecule has 0 amide bonds. The standard InChI is InChI=1S/C22H36N2O2/c1-3-24(20-12-13-20)15-18-8-7-11-22(14-18)26-17-21(25)16-23(2)19-9-5-4-6-10-19/h7-8,11,14,19-21,25H,3-6,9-10,12-13,15-17H2,1-2H3/t21-/m1/s1. The Kier molecular flexibility index (Phi) is 7.35. The Morgan fingerprint density at radius 3 is 2.58 bits per heavy atom. The van der Waals surface area contributed by atoms with Crippen LogP contribution in [0.25, 0.3) is 0 Å². The quantitative estimate of drug-likeness (QED) is 0.690. The first-order valence-electron chi connectivity index (χ1n) is 10.5. The highest BCUT2D eigenvalue weighted by atomic mass is 16.5. The van der Waals surface area contributed by atoms with Gasteiger partial charge in [-0.25, -0.2) is 0 Å². The minimum absolute atomic E-state index is 0.362. The first-order valence-corrected chi connectivity index (χ1v) is 10.5.